The highest BCUT2D eigenvalue weighted by Gasteiger charge is 2.21. The lowest BCUT2D eigenvalue weighted by atomic mass is 9.80. The van der Waals surface area contributed by atoms with Crippen molar-refractivity contribution in [2.75, 3.05) is 11.9 Å². The van der Waals surface area contributed by atoms with Gasteiger partial charge < -0.3 is 5.32 Å². The van der Waals surface area contributed by atoms with Crippen LogP contribution in [-0.4, -0.2) is 11.5 Å². The number of para-hydroxylation sites is 1. The van der Waals surface area contributed by atoms with Crippen molar-refractivity contribution in [2.24, 2.45) is 11.8 Å². The topological polar surface area (TPSA) is 48.7 Å². The lowest BCUT2D eigenvalue weighted by molar-refractivity contribution is 0.268. The molecule has 3 nitrogen and oxygen atoms in total. The van der Waals surface area contributed by atoms with E-state index in [0.29, 0.717) is 11.5 Å². The van der Waals surface area contributed by atoms with Crippen molar-refractivity contribution in [3.8, 4) is 6.07 Å². The van der Waals surface area contributed by atoms with Crippen molar-refractivity contribution in [2.45, 2.75) is 32.6 Å². The zero-order valence-corrected chi connectivity index (χ0v) is 12.5. The number of nitriles is 1. The highest BCUT2D eigenvalue weighted by molar-refractivity contribution is 5.82. The Kier molecular flexibility index (Phi) is 4.06. The van der Waals surface area contributed by atoms with Gasteiger partial charge in [-0.05, 0) is 30.4 Å². The van der Waals surface area contributed by atoms with Crippen molar-refractivity contribution >= 4 is 16.7 Å². The molecule has 1 N–H and O–H groups in total. The largest absolute Gasteiger partial charge is 0.369 e. The van der Waals surface area contributed by atoms with Crippen LogP contribution in [0.5, 0.6) is 0 Å². The molecule has 0 amide bonds. The smallest absolute Gasteiger partial charge is 0.144 e. The van der Waals surface area contributed by atoms with Gasteiger partial charge in [0.15, 0.2) is 0 Å². The van der Waals surface area contributed by atoms with Gasteiger partial charge in [0.05, 0.1) is 11.1 Å². The highest BCUT2D eigenvalue weighted by Crippen LogP contribution is 2.30. The van der Waals surface area contributed by atoms with Crippen LogP contribution in [-0.2, 0) is 0 Å². The number of fused-ring (bicyclic) bond motifs is 1. The third-order valence-corrected chi connectivity index (χ3v) is 4.67. The fourth-order valence-electron chi connectivity index (χ4n) is 3.26. The highest BCUT2D eigenvalue weighted by atomic mass is 15.0. The number of anilines is 1. The van der Waals surface area contributed by atoms with Crippen LogP contribution in [0.15, 0.2) is 30.3 Å². The quantitative estimate of drug-likeness (QED) is 0.909. The van der Waals surface area contributed by atoms with Gasteiger partial charge in [-0.2, -0.15) is 5.26 Å². The minimum atomic E-state index is 0.636. The molecule has 0 saturated heterocycles. The van der Waals surface area contributed by atoms with E-state index in [-0.39, 0.29) is 0 Å². The molecule has 2 unspecified atom stereocenters. The van der Waals surface area contributed by atoms with E-state index in [2.05, 4.69) is 23.3 Å². The number of pyridine rings is 1. The summed E-state index contributed by atoms with van der Waals surface area (Å²) < 4.78 is 0. The Morgan fingerprint density at radius 1 is 1.29 bits per heavy atom. The van der Waals surface area contributed by atoms with Gasteiger partial charge in [0, 0.05) is 11.9 Å². The Morgan fingerprint density at radius 2 is 2.10 bits per heavy atom. The predicted molar refractivity (Wildman–Crippen MR) is 86.1 cm³/mol. The summed E-state index contributed by atoms with van der Waals surface area (Å²) in [4.78, 5) is 4.62. The van der Waals surface area contributed by atoms with E-state index >= 15 is 0 Å². The fraction of sp³-hybridized carbons (Fsp3) is 0.444. The number of hydrogen-bond acceptors (Lipinski definition) is 3. The molecule has 1 fully saturated rings. The van der Waals surface area contributed by atoms with Crippen molar-refractivity contribution in [3.05, 3.63) is 35.9 Å². The van der Waals surface area contributed by atoms with Crippen molar-refractivity contribution in [1.82, 2.24) is 4.98 Å². The molecule has 1 aliphatic rings. The van der Waals surface area contributed by atoms with Crippen LogP contribution in [0.1, 0.15) is 38.2 Å². The van der Waals surface area contributed by atoms with Gasteiger partial charge in [-0.1, -0.05) is 44.4 Å². The second kappa shape index (κ2) is 6.13. The predicted octanol–water partition coefficient (Wildman–Crippen LogP) is 4.34. The van der Waals surface area contributed by atoms with E-state index in [1.54, 1.807) is 0 Å². The molecule has 1 heterocycles. The third kappa shape index (κ3) is 3.00. The molecule has 21 heavy (non-hydrogen) atoms. The minimum absolute atomic E-state index is 0.636. The number of hydrogen-bond donors (Lipinski definition) is 1. The maximum Gasteiger partial charge on any atom is 0.144 e. The maximum atomic E-state index is 9.34. The summed E-state index contributed by atoms with van der Waals surface area (Å²) in [6.45, 7) is 3.26. The molecule has 2 aromatic rings. The normalized spacial score (nSPS) is 21.9. The number of rotatable bonds is 3. The van der Waals surface area contributed by atoms with Crippen molar-refractivity contribution < 1.29 is 0 Å². The first-order chi connectivity index (χ1) is 10.3. The molecule has 108 valence electrons. The van der Waals surface area contributed by atoms with Crippen LogP contribution in [0.25, 0.3) is 10.9 Å². The van der Waals surface area contributed by atoms with Crippen LogP contribution in [0.2, 0.25) is 0 Å². The van der Waals surface area contributed by atoms with Gasteiger partial charge in [0.25, 0.3) is 0 Å². The van der Waals surface area contributed by atoms with Crippen molar-refractivity contribution in [1.29, 1.82) is 5.26 Å². The second-order valence-electron chi connectivity index (χ2n) is 6.09. The minimum Gasteiger partial charge on any atom is -0.369 e. The SMILES string of the molecule is CC1CCCCC1CNc1nc2ccccc2cc1C#N. The average molecular weight is 279 g/mol. The number of nitrogens with zero attached hydrogens (tertiary/aromatic N) is 2. The zero-order chi connectivity index (χ0) is 14.7. The molecule has 0 spiro atoms. The van der Waals surface area contributed by atoms with Gasteiger partial charge in [-0.3, -0.25) is 0 Å². The van der Waals surface area contributed by atoms with E-state index in [0.717, 1.165) is 29.2 Å². The van der Waals surface area contributed by atoms with E-state index in [9.17, 15) is 5.26 Å². The maximum absolute atomic E-state index is 9.34. The van der Waals surface area contributed by atoms with Crippen molar-refractivity contribution in [3.63, 3.8) is 0 Å². The molecule has 1 aromatic heterocycles. The average Bonchev–Trinajstić information content (AvgIpc) is 2.53. The van der Waals surface area contributed by atoms with Gasteiger partial charge in [0.2, 0.25) is 0 Å². The zero-order valence-electron chi connectivity index (χ0n) is 12.5. The molecule has 0 aliphatic heterocycles. The molecule has 1 aliphatic carbocycles. The standard InChI is InChI=1S/C18H21N3/c1-13-6-2-3-8-15(13)12-20-18-16(11-19)10-14-7-4-5-9-17(14)21-18/h4-5,7,9-10,13,15H,2-3,6,8,12H2,1H3,(H,20,21). The first-order valence-corrected chi connectivity index (χ1v) is 7.81. The first kappa shape index (κ1) is 13.9. The van der Waals surface area contributed by atoms with Crippen LogP contribution in [0.4, 0.5) is 5.82 Å². The third-order valence-electron chi connectivity index (χ3n) is 4.67. The molecule has 0 bridgehead atoms. The fourth-order valence-corrected chi connectivity index (χ4v) is 3.26. The molecule has 1 aromatic carbocycles. The Labute approximate surface area is 126 Å². The van der Waals surface area contributed by atoms with Crippen LogP contribution < -0.4 is 5.32 Å². The lowest BCUT2D eigenvalue weighted by Crippen LogP contribution is -2.24. The summed E-state index contributed by atoms with van der Waals surface area (Å²) >= 11 is 0. The second-order valence-corrected chi connectivity index (χ2v) is 6.09. The Bertz CT molecular complexity index is 672. The number of benzene rings is 1. The molecule has 1 saturated carbocycles. The van der Waals surface area contributed by atoms with E-state index in [1.807, 2.05) is 30.3 Å². The summed E-state index contributed by atoms with van der Waals surface area (Å²) in [7, 11) is 0. The Morgan fingerprint density at radius 3 is 2.90 bits per heavy atom. The van der Waals surface area contributed by atoms with Gasteiger partial charge in [-0.15, -0.1) is 0 Å². The number of nitrogens with one attached hydrogen (secondary N) is 1. The monoisotopic (exact) mass is 279 g/mol. The first-order valence-electron chi connectivity index (χ1n) is 7.81. The molecular weight excluding hydrogens is 258 g/mol. The Hall–Kier alpha value is -2.08. The van der Waals surface area contributed by atoms with E-state index in [4.69, 9.17) is 0 Å². The van der Waals surface area contributed by atoms with Gasteiger partial charge in [-0.25, -0.2) is 4.98 Å². The number of aromatic nitrogens is 1. The van der Waals surface area contributed by atoms with Gasteiger partial charge >= 0.3 is 0 Å². The van der Waals surface area contributed by atoms with E-state index < -0.39 is 0 Å². The van der Waals surface area contributed by atoms with Crippen LogP contribution in [0.3, 0.4) is 0 Å². The summed E-state index contributed by atoms with van der Waals surface area (Å²) in [5, 5.41) is 13.8. The molecule has 2 atom stereocenters. The molecular formula is C18H21N3. The molecule has 3 heteroatoms. The van der Waals surface area contributed by atoms with Gasteiger partial charge in [0.1, 0.15) is 11.9 Å². The summed E-state index contributed by atoms with van der Waals surface area (Å²) in [6, 6.07) is 12.1. The summed E-state index contributed by atoms with van der Waals surface area (Å²) in [6.07, 6.45) is 5.29. The summed E-state index contributed by atoms with van der Waals surface area (Å²) in [5.74, 6) is 2.18. The van der Waals surface area contributed by atoms with Crippen LogP contribution >= 0.6 is 0 Å². The summed E-state index contributed by atoms with van der Waals surface area (Å²) in [5.41, 5.74) is 1.58. The lowest BCUT2D eigenvalue weighted by Gasteiger charge is -2.29. The molecule has 0 radical (unpaired) electrons. The Balaban J connectivity index is 1.81. The van der Waals surface area contributed by atoms with Crippen LogP contribution in [0, 0.1) is 23.2 Å². The van der Waals surface area contributed by atoms with E-state index in [1.165, 1.54) is 25.7 Å². The molecule has 3 rings (SSSR count).